The average molecular weight is 307 g/mol. The molecule has 1 N–H and O–H groups in total. The van der Waals surface area contributed by atoms with E-state index in [1.54, 1.807) is 12.1 Å². The van der Waals surface area contributed by atoms with Gasteiger partial charge in [0.25, 0.3) is 5.95 Å². The molecule has 1 aromatic heterocycles. The van der Waals surface area contributed by atoms with Gasteiger partial charge in [-0.15, -0.1) is 0 Å². The fraction of sp³-hybridized carbons (Fsp3) is 0. The topological polar surface area (TPSA) is 108 Å². The minimum atomic E-state index is -1.21. The number of nitrogens with one attached hydrogen (secondary N) is 1. The van der Waals surface area contributed by atoms with Crippen molar-refractivity contribution in [1.29, 1.82) is 0 Å². The number of rotatable bonds is 5. The smallest absolute Gasteiger partial charge is 0.268 e. The maximum atomic E-state index is 10.7. The second kappa shape index (κ2) is 6.48. The Morgan fingerprint density at radius 1 is 1.13 bits per heavy atom. The van der Waals surface area contributed by atoms with Gasteiger partial charge in [0.1, 0.15) is 0 Å². The number of aromatic nitrogens is 4. The number of hydrogen-bond donors (Lipinski definition) is 1. The summed E-state index contributed by atoms with van der Waals surface area (Å²) in [5.41, 5.74) is 4.38. The van der Waals surface area contributed by atoms with E-state index in [0.717, 1.165) is 11.3 Å². The lowest BCUT2D eigenvalue weighted by Crippen LogP contribution is -2.21. The van der Waals surface area contributed by atoms with E-state index in [1.807, 2.05) is 30.3 Å². The van der Waals surface area contributed by atoms with Crippen molar-refractivity contribution in [2.24, 2.45) is 5.10 Å². The van der Waals surface area contributed by atoms with Crippen LogP contribution in [0.15, 0.2) is 59.7 Å². The van der Waals surface area contributed by atoms with Gasteiger partial charge in [0.15, 0.2) is 0 Å². The molecular formula is C15H11N6O2-. The second-order valence-electron chi connectivity index (χ2n) is 4.53. The zero-order valence-corrected chi connectivity index (χ0v) is 11.8. The summed E-state index contributed by atoms with van der Waals surface area (Å²) in [6, 6.07) is 15.5. The Morgan fingerprint density at radius 2 is 1.87 bits per heavy atom. The van der Waals surface area contributed by atoms with E-state index in [1.165, 1.54) is 23.0 Å². The number of carbonyl (C=O) groups excluding carboxylic acids is 1. The van der Waals surface area contributed by atoms with Gasteiger partial charge in [-0.05, 0) is 33.7 Å². The van der Waals surface area contributed by atoms with Gasteiger partial charge in [-0.1, -0.05) is 47.6 Å². The van der Waals surface area contributed by atoms with Crippen LogP contribution in [0, 0.1) is 0 Å². The highest BCUT2D eigenvalue weighted by atomic mass is 16.4. The first-order chi connectivity index (χ1) is 11.2. The van der Waals surface area contributed by atoms with Crippen LogP contribution in [0.4, 0.5) is 5.95 Å². The second-order valence-corrected chi connectivity index (χ2v) is 4.53. The first kappa shape index (κ1) is 14.4. The Morgan fingerprint density at radius 3 is 2.57 bits per heavy atom. The summed E-state index contributed by atoms with van der Waals surface area (Å²) >= 11 is 0. The van der Waals surface area contributed by atoms with Crippen LogP contribution >= 0.6 is 0 Å². The molecule has 0 aliphatic rings. The molecule has 0 amide bonds. The molecule has 0 spiro atoms. The lowest BCUT2D eigenvalue weighted by Gasteiger charge is -2.03. The Balaban J connectivity index is 1.71. The average Bonchev–Trinajstić information content (AvgIpc) is 3.05. The van der Waals surface area contributed by atoms with Crippen LogP contribution in [0.25, 0.3) is 5.69 Å². The first-order valence-corrected chi connectivity index (χ1v) is 6.68. The van der Waals surface area contributed by atoms with E-state index < -0.39 is 5.97 Å². The molecule has 0 fully saturated rings. The SMILES string of the molecule is O=C([O-])c1ccc(/C=N/Nc2nnnn2-c2ccccc2)cc1. The predicted octanol–water partition coefficient (Wildman–Crippen LogP) is 0.472. The highest BCUT2D eigenvalue weighted by Crippen LogP contribution is 2.10. The summed E-state index contributed by atoms with van der Waals surface area (Å²) in [5.74, 6) is -0.854. The standard InChI is InChI=1S/C15H12N6O2/c22-14(23)12-8-6-11(7-9-12)10-16-17-15-18-19-20-21(15)13-4-2-1-3-5-13/h1-10H,(H,22,23)(H,17,18,20)/p-1/b16-10+. The summed E-state index contributed by atoms with van der Waals surface area (Å²) in [6.45, 7) is 0. The number of benzene rings is 2. The van der Waals surface area contributed by atoms with E-state index in [4.69, 9.17) is 0 Å². The number of nitrogens with zero attached hydrogens (tertiary/aromatic N) is 5. The van der Waals surface area contributed by atoms with Crippen molar-refractivity contribution in [3.63, 3.8) is 0 Å². The highest BCUT2D eigenvalue weighted by molar-refractivity contribution is 5.87. The van der Waals surface area contributed by atoms with Crippen LogP contribution in [-0.4, -0.2) is 32.4 Å². The summed E-state index contributed by atoms with van der Waals surface area (Å²) in [4.78, 5) is 10.7. The molecule has 114 valence electrons. The molecule has 0 bridgehead atoms. The number of hydrogen-bond acceptors (Lipinski definition) is 7. The monoisotopic (exact) mass is 307 g/mol. The summed E-state index contributed by atoms with van der Waals surface area (Å²) in [6.07, 6.45) is 1.53. The van der Waals surface area contributed by atoms with E-state index in [2.05, 4.69) is 26.1 Å². The Hall–Kier alpha value is -3.55. The van der Waals surface area contributed by atoms with Crippen LogP contribution in [0.2, 0.25) is 0 Å². The number of carbonyl (C=O) groups is 1. The zero-order valence-electron chi connectivity index (χ0n) is 11.8. The molecule has 23 heavy (non-hydrogen) atoms. The lowest BCUT2D eigenvalue weighted by atomic mass is 10.1. The zero-order chi connectivity index (χ0) is 16.1. The summed E-state index contributed by atoms with van der Waals surface area (Å²) < 4.78 is 1.51. The Kier molecular flexibility index (Phi) is 4.05. The third-order valence-corrected chi connectivity index (χ3v) is 2.99. The van der Waals surface area contributed by atoms with Gasteiger partial charge in [-0.25, -0.2) is 5.43 Å². The van der Waals surface area contributed by atoms with Gasteiger partial charge in [-0.3, -0.25) is 0 Å². The van der Waals surface area contributed by atoms with E-state index in [0.29, 0.717) is 5.95 Å². The van der Waals surface area contributed by atoms with E-state index in [-0.39, 0.29) is 5.56 Å². The molecule has 8 nitrogen and oxygen atoms in total. The van der Waals surface area contributed by atoms with Crippen LogP contribution in [0.1, 0.15) is 15.9 Å². The van der Waals surface area contributed by atoms with Gasteiger partial charge >= 0.3 is 0 Å². The molecule has 0 saturated heterocycles. The maximum Gasteiger partial charge on any atom is 0.268 e. The number of tetrazole rings is 1. The number of aromatic carboxylic acids is 1. The lowest BCUT2D eigenvalue weighted by molar-refractivity contribution is -0.255. The van der Waals surface area contributed by atoms with Crippen molar-refractivity contribution in [3.05, 3.63) is 65.7 Å². The van der Waals surface area contributed by atoms with Crippen molar-refractivity contribution in [1.82, 2.24) is 20.2 Å². The molecule has 3 rings (SSSR count). The van der Waals surface area contributed by atoms with Gasteiger partial charge in [0.2, 0.25) is 0 Å². The molecule has 1 heterocycles. The third kappa shape index (κ3) is 3.38. The van der Waals surface area contributed by atoms with Gasteiger partial charge in [-0.2, -0.15) is 9.78 Å². The quantitative estimate of drug-likeness (QED) is 0.542. The third-order valence-electron chi connectivity index (χ3n) is 2.99. The molecule has 0 radical (unpaired) electrons. The van der Waals surface area contributed by atoms with E-state index in [9.17, 15) is 9.90 Å². The van der Waals surface area contributed by atoms with Crippen molar-refractivity contribution in [2.45, 2.75) is 0 Å². The molecular weight excluding hydrogens is 296 g/mol. The first-order valence-electron chi connectivity index (χ1n) is 6.68. The van der Waals surface area contributed by atoms with Crippen molar-refractivity contribution in [2.75, 3.05) is 5.43 Å². The summed E-state index contributed by atoms with van der Waals surface area (Å²) in [5, 5.41) is 26.1. The fourth-order valence-corrected chi connectivity index (χ4v) is 1.87. The highest BCUT2D eigenvalue weighted by Gasteiger charge is 2.05. The summed E-state index contributed by atoms with van der Waals surface area (Å²) in [7, 11) is 0. The van der Waals surface area contributed by atoms with Gasteiger partial charge in [0.05, 0.1) is 17.9 Å². The van der Waals surface area contributed by atoms with Crippen LogP contribution in [-0.2, 0) is 0 Å². The minimum Gasteiger partial charge on any atom is -0.545 e. The molecule has 0 atom stereocenters. The molecule has 0 unspecified atom stereocenters. The number of para-hydroxylation sites is 1. The molecule has 3 aromatic rings. The molecule has 2 aromatic carbocycles. The molecule has 0 saturated carbocycles. The van der Waals surface area contributed by atoms with Gasteiger partial charge in [0, 0.05) is 0 Å². The van der Waals surface area contributed by atoms with Crippen molar-refractivity contribution >= 4 is 18.1 Å². The largest absolute Gasteiger partial charge is 0.545 e. The normalized spacial score (nSPS) is 10.8. The minimum absolute atomic E-state index is 0.114. The van der Waals surface area contributed by atoms with E-state index >= 15 is 0 Å². The number of anilines is 1. The van der Waals surface area contributed by atoms with Crippen molar-refractivity contribution in [3.8, 4) is 5.69 Å². The number of carboxylic acid groups (broad SMARTS) is 1. The van der Waals surface area contributed by atoms with Crippen molar-refractivity contribution < 1.29 is 9.90 Å². The fourth-order valence-electron chi connectivity index (χ4n) is 1.87. The number of carboxylic acids is 1. The van der Waals surface area contributed by atoms with Crippen LogP contribution in [0.5, 0.6) is 0 Å². The molecule has 0 aliphatic carbocycles. The Labute approximate surface area is 131 Å². The molecule has 8 heteroatoms. The molecule has 0 aliphatic heterocycles. The predicted molar refractivity (Wildman–Crippen MR) is 81.1 cm³/mol. The van der Waals surface area contributed by atoms with Crippen LogP contribution < -0.4 is 10.5 Å². The maximum absolute atomic E-state index is 10.7. The van der Waals surface area contributed by atoms with Crippen LogP contribution in [0.3, 0.4) is 0 Å². The number of hydrazone groups is 1. The Bertz CT molecular complexity index is 827. The van der Waals surface area contributed by atoms with Gasteiger partial charge < -0.3 is 9.90 Å².